The number of carbonyl (C=O) groups excluding carboxylic acids is 1. The first-order chi connectivity index (χ1) is 11.0. The average Bonchev–Trinajstić information content (AvgIpc) is 3.12. The number of hydrogen-bond donors (Lipinski definition) is 1. The highest BCUT2D eigenvalue weighted by Crippen LogP contribution is 2.26. The van der Waals surface area contributed by atoms with Gasteiger partial charge < -0.3 is 13.9 Å². The number of furan rings is 1. The minimum atomic E-state index is 0.0212. The summed E-state index contributed by atoms with van der Waals surface area (Å²) in [6.07, 6.45) is 5.09. The number of piperidine rings is 1. The van der Waals surface area contributed by atoms with E-state index in [-0.39, 0.29) is 5.91 Å². The third-order valence-electron chi connectivity index (χ3n) is 4.24. The van der Waals surface area contributed by atoms with Gasteiger partial charge in [-0.2, -0.15) is 5.10 Å². The molecule has 7 heteroatoms. The molecule has 1 N–H and O–H groups in total. The molecule has 3 rings (SSSR count). The predicted octanol–water partition coefficient (Wildman–Crippen LogP) is 2.80. The van der Waals surface area contributed by atoms with Gasteiger partial charge in [0.2, 0.25) is 5.91 Å². The molecule has 0 unspecified atom stereocenters. The van der Waals surface area contributed by atoms with E-state index >= 15 is 0 Å². The van der Waals surface area contributed by atoms with Crippen LogP contribution in [0.1, 0.15) is 36.1 Å². The van der Waals surface area contributed by atoms with Crippen molar-refractivity contribution in [3.8, 4) is 0 Å². The van der Waals surface area contributed by atoms with Gasteiger partial charge in [0.05, 0.1) is 0 Å². The van der Waals surface area contributed by atoms with Crippen LogP contribution in [0.3, 0.4) is 0 Å². The molecule has 0 radical (unpaired) electrons. The van der Waals surface area contributed by atoms with Gasteiger partial charge in [-0.05, 0) is 50.2 Å². The Kier molecular flexibility index (Phi) is 4.47. The third kappa shape index (κ3) is 3.44. The van der Waals surface area contributed by atoms with Crippen LogP contribution in [0, 0.1) is 11.7 Å². The Labute approximate surface area is 139 Å². The van der Waals surface area contributed by atoms with Crippen LogP contribution in [0.5, 0.6) is 0 Å². The van der Waals surface area contributed by atoms with Crippen molar-refractivity contribution in [2.24, 2.45) is 7.05 Å². The Morgan fingerprint density at radius 2 is 2.17 bits per heavy atom. The zero-order chi connectivity index (χ0) is 16.4. The maximum Gasteiger partial charge on any atom is 0.246 e. The summed E-state index contributed by atoms with van der Waals surface area (Å²) in [6.45, 7) is 3.34. The van der Waals surface area contributed by atoms with E-state index in [1.807, 2.05) is 35.6 Å². The number of aryl methyl sites for hydroxylation is 1. The fourth-order valence-electron chi connectivity index (χ4n) is 2.88. The van der Waals surface area contributed by atoms with Gasteiger partial charge in [-0.3, -0.25) is 9.89 Å². The van der Waals surface area contributed by atoms with Gasteiger partial charge >= 0.3 is 0 Å². The Morgan fingerprint density at radius 1 is 1.43 bits per heavy atom. The summed E-state index contributed by atoms with van der Waals surface area (Å²) in [5.74, 6) is 2.88. The van der Waals surface area contributed by atoms with Crippen LogP contribution in [-0.4, -0.2) is 38.7 Å². The number of carbonyl (C=O) groups is 1. The van der Waals surface area contributed by atoms with Crippen LogP contribution in [0.2, 0.25) is 0 Å². The molecule has 1 aliphatic rings. The van der Waals surface area contributed by atoms with Gasteiger partial charge in [-0.15, -0.1) is 0 Å². The lowest BCUT2D eigenvalue weighted by molar-refractivity contribution is -0.127. The fraction of sp³-hybridized carbons (Fsp3) is 0.438. The predicted molar refractivity (Wildman–Crippen MR) is 89.4 cm³/mol. The zero-order valence-corrected chi connectivity index (χ0v) is 14.1. The van der Waals surface area contributed by atoms with Gasteiger partial charge in [0.15, 0.2) is 4.77 Å². The van der Waals surface area contributed by atoms with Crippen molar-refractivity contribution in [1.82, 2.24) is 19.7 Å². The number of likely N-dealkylation sites (tertiary alicyclic amines) is 1. The first kappa shape index (κ1) is 15.7. The second kappa shape index (κ2) is 6.54. The van der Waals surface area contributed by atoms with E-state index in [1.54, 1.807) is 12.2 Å². The van der Waals surface area contributed by atoms with E-state index in [4.69, 9.17) is 16.6 Å². The van der Waals surface area contributed by atoms with E-state index in [2.05, 4.69) is 10.2 Å². The lowest BCUT2D eigenvalue weighted by Crippen LogP contribution is -2.37. The van der Waals surface area contributed by atoms with E-state index in [1.165, 1.54) is 0 Å². The molecule has 0 saturated carbocycles. The summed E-state index contributed by atoms with van der Waals surface area (Å²) < 4.78 is 7.98. The monoisotopic (exact) mass is 332 g/mol. The Balaban J connectivity index is 1.58. The molecule has 0 bridgehead atoms. The highest BCUT2D eigenvalue weighted by atomic mass is 32.1. The Bertz CT molecular complexity index is 778. The van der Waals surface area contributed by atoms with Crippen LogP contribution >= 0.6 is 12.2 Å². The van der Waals surface area contributed by atoms with Gasteiger partial charge in [-0.25, -0.2) is 0 Å². The molecule has 1 saturated heterocycles. The van der Waals surface area contributed by atoms with Crippen LogP contribution in [0.4, 0.5) is 0 Å². The standard InChI is InChI=1S/C16H20N4O2S/c1-11-3-4-13(22-11)5-6-14(21)20-9-7-12(8-10-20)15-17-18-16(23)19(15)2/h3-6,12H,7-10H2,1-2H3,(H,18,23)/b6-5-. The first-order valence-corrected chi connectivity index (χ1v) is 8.10. The molecule has 0 aromatic carbocycles. The Hall–Kier alpha value is -2.15. The molecule has 0 spiro atoms. The smallest absolute Gasteiger partial charge is 0.246 e. The van der Waals surface area contributed by atoms with Crippen molar-refractivity contribution < 1.29 is 9.21 Å². The molecule has 23 heavy (non-hydrogen) atoms. The largest absolute Gasteiger partial charge is 0.462 e. The summed E-state index contributed by atoms with van der Waals surface area (Å²) in [6, 6.07) is 3.74. The topological polar surface area (TPSA) is 67.1 Å². The van der Waals surface area contributed by atoms with Gasteiger partial charge in [0.25, 0.3) is 0 Å². The van der Waals surface area contributed by atoms with E-state index in [0.717, 1.165) is 37.5 Å². The molecule has 2 aromatic heterocycles. The van der Waals surface area contributed by atoms with Crippen molar-refractivity contribution in [1.29, 1.82) is 0 Å². The fourth-order valence-corrected chi connectivity index (χ4v) is 3.02. The van der Waals surface area contributed by atoms with Crippen LogP contribution < -0.4 is 0 Å². The molecular formula is C16H20N4O2S. The van der Waals surface area contributed by atoms with Crippen LogP contribution in [0.25, 0.3) is 6.08 Å². The molecule has 6 nitrogen and oxygen atoms in total. The number of hydrogen-bond acceptors (Lipinski definition) is 4. The summed E-state index contributed by atoms with van der Waals surface area (Å²) in [7, 11) is 1.92. The molecule has 1 aliphatic heterocycles. The molecular weight excluding hydrogens is 312 g/mol. The molecule has 122 valence electrons. The van der Waals surface area contributed by atoms with E-state index in [9.17, 15) is 4.79 Å². The SMILES string of the molecule is Cc1ccc(/C=C\C(=O)N2CCC(c3n[nH]c(=S)n3C)CC2)o1. The molecule has 2 aromatic rings. The number of nitrogens with one attached hydrogen (secondary N) is 1. The second-order valence-electron chi connectivity index (χ2n) is 5.83. The van der Waals surface area contributed by atoms with Crippen molar-refractivity contribution in [2.75, 3.05) is 13.1 Å². The van der Waals surface area contributed by atoms with E-state index in [0.29, 0.717) is 16.4 Å². The van der Waals surface area contributed by atoms with Crippen molar-refractivity contribution in [3.63, 3.8) is 0 Å². The van der Waals surface area contributed by atoms with Crippen molar-refractivity contribution in [3.05, 3.63) is 40.3 Å². The lowest BCUT2D eigenvalue weighted by atomic mass is 9.96. The number of aromatic amines is 1. The molecule has 1 fully saturated rings. The average molecular weight is 332 g/mol. The molecule has 0 aliphatic carbocycles. The molecule has 1 amide bonds. The number of rotatable bonds is 3. The van der Waals surface area contributed by atoms with Gasteiger partial charge in [0, 0.05) is 32.1 Å². The Morgan fingerprint density at radius 3 is 2.74 bits per heavy atom. The van der Waals surface area contributed by atoms with Crippen LogP contribution in [-0.2, 0) is 11.8 Å². The minimum absolute atomic E-state index is 0.0212. The second-order valence-corrected chi connectivity index (χ2v) is 6.21. The summed E-state index contributed by atoms with van der Waals surface area (Å²) in [5, 5.41) is 7.13. The van der Waals surface area contributed by atoms with Crippen molar-refractivity contribution >= 4 is 24.2 Å². The quantitative estimate of drug-likeness (QED) is 0.693. The maximum atomic E-state index is 12.2. The first-order valence-electron chi connectivity index (χ1n) is 7.69. The number of H-pyrrole nitrogens is 1. The third-order valence-corrected chi connectivity index (χ3v) is 4.60. The number of nitrogens with zero attached hydrogens (tertiary/aromatic N) is 3. The highest BCUT2D eigenvalue weighted by Gasteiger charge is 2.25. The maximum absolute atomic E-state index is 12.2. The number of amides is 1. The summed E-state index contributed by atoms with van der Waals surface area (Å²) in [4.78, 5) is 14.1. The van der Waals surface area contributed by atoms with E-state index < -0.39 is 0 Å². The lowest BCUT2D eigenvalue weighted by Gasteiger charge is -2.30. The van der Waals surface area contributed by atoms with Gasteiger partial charge in [0.1, 0.15) is 17.3 Å². The molecule has 0 atom stereocenters. The zero-order valence-electron chi connectivity index (χ0n) is 13.3. The number of aromatic nitrogens is 3. The normalized spacial score (nSPS) is 16.3. The highest BCUT2D eigenvalue weighted by molar-refractivity contribution is 7.71. The van der Waals surface area contributed by atoms with Crippen molar-refractivity contribution in [2.45, 2.75) is 25.7 Å². The molecule has 3 heterocycles. The summed E-state index contributed by atoms with van der Waals surface area (Å²) >= 11 is 5.15. The van der Waals surface area contributed by atoms with Gasteiger partial charge in [-0.1, -0.05) is 0 Å². The van der Waals surface area contributed by atoms with Crippen LogP contribution in [0.15, 0.2) is 22.6 Å². The minimum Gasteiger partial charge on any atom is -0.462 e. The summed E-state index contributed by atoms with van der Waals surface area (Å²) in [5.41, 5.74) is 0.